The van der Waals surface area contributed by atoms with Crippen LogP contribution in [0.15, 0.2) is 91.1 Å². The van der Waals surface area contributed by atoms with Crippen LogP contribution >= 0.6 is 0 Å². The van der Waals surface area contributed by atoms with Gasteiger partial charge in [0.25, 0.3) is 5.91 Å². The maximum absolute atomic E-state index is 12.4. The van der Waals surface area contributed by atoms with E-state index in [1.54, 1.807) is 6.20 Å². The Bertz CT molecular complexity index is 1120. The third kappa shape index (κ3) is 4.33. The summed E-state index contributed by atoms with van der Waals surface area (Å²) < 4.78 is 0. The highest BCUT2D eigenvalue weighted by Crippen LogP contribution is 2.14. The van der Waals surface area contributed by atoms with E-state index in [1.807, 2.05) is 60.7 Å². The van der Waals surface area contributed by atoms with Crippen molar-refractivity contribution in [2.24, 2.45) is 0 Å². The second-order valence-corrected chi connectivity index (χ2v) is 6.58. The predicted octanol–water partition coefficient (Wildman–Crippen LogP) is 5.34. The number of amides is 1. The van der Waals surface area contributed by atoms with Crippen LogP contribution in [0.3, 0.4) is 0 Å². The highest BCUT2D eigenvalue weighted by atomic mass is 16.1. The molecule has 3 nitrogen and oxygen atoms in total. The summed E-state index contributed by atoms with van der Waals surface area (Å²) in [6.45, 7) is 0.493. The second-order valence-electron chi connectivity index (χ2n) is 6.58. The molecule has 1 amide bonds. The van der Waals surface area contributed by atoms with Crippen molar-refractivity contribution in [3.05, 3.63) is 113 Å². The van der Waals surface area contributed by atoms with Gasteiger partial charge in [0.2, 0.25) is 0 Å². The molecule has 3 heteroatoms. The number of nitrogens with one attached hydrogen (secondary N) is 1. The Hall–Kier alpha value is -3.72. The number of pyridine rings is 1. The van der Waals surface area contributed by atoms with Crippen molar-refractivity contribution in [3.8, 4) is 0 Å². The van der Waals surface area contributed by atoms with Gasteiger partial charge in [-0.3, -0.25) is 9.78 Å². The second kappa shape index (κ2) is 8.31. The standard InChI is InChI=1S/C25H20N2O/c28-25(23-14-15-24-22(17-23)7-4-16-26-24)27-18-21-12-10-20(11-13-21)9-8-19-5-2-1-3-6-19/h1-17H,18H2,(H,27,28). The van der Waals surface area contributed by atoms with Crippen LogP contribution in [-0.4, -0.2) is 10.9 Å². The minimum atomic E-state index is -0.0844. The molecule has 1 aromatic heterocycles. The quantitative estimate of drug-likeness (QED) is 0.486. The number of carbonyl (C=O) groups excluding carboxylic acids is 1. The Balaban J connectivity index is 1.37. The summed E-state index contributed by atoms with van der Waals surface area (Å²) >= 11 is 0. The average Bonchev–Trinajstić information content (AvgIpc) is 2.77. The lowest BCUT2D eigenvalue weighted by Gasteiger charge is -2.07. The average molecular weight is 364 g/mol. The zero-order chi connectivity index (χ0) is 19.2. The lowest BCUT2D eigenvalue weighted by molar-refractivity contribution is 0.0951. The van der Waals surface area contributed by atoms with Gasteiger partial charge in [-0.25, -0.2) is 0 Å². The molecule has 1 heterocycles. The summed E-state index contributed by atoms with van der Waals surface area (Å²) in [6, 6.07) is 27.8. The van der Waals surface area contributed by atoms with Gasteiger partial charge < -0.3 is 5.32 Å². The van der Waals surface area contributed by atoms with E-state index in [4.69, 9.17) is 0 Å². The van der Waals surface area contributed by atoms with Crippen LogP contribution in [0.4, 0.5) is 0 Å². The normalized spacial score (nSPS) is 11.0. The van der Waals surface area contributed by atoms with Crippen LogP contribution in [0.1, 0.15) is 27.0 Å². The van der Waals surface area contributed by atoms with Crippen LogP contribution in [0.5, 0.6) is 0 Å². The molecule has 3 aromatic carbocycles. The molecular formula is C25H20N2O. The maximum atomic E-state index is 12.4. The van der Waals surface area contributed by atoms with Gasteiger partial charge in [0.15, 0.2) is 0 Å². The molecular weight excluding hydrogens is 344 g/mol. The van der Waals surface area contributed by atoms with Crippen molar-refractivity contribution in [2.75, 3.05) is 0 Å². The SMILES string of the molecule is O=C(NCc1ccc(C=Cc2ccccc2)cc1)c1ccc2ncccc2c1. The van der Waals surface area contributed by atoms with Gasteiger partial charge in [-0.05, 0) is 41.0 Å². The molecule has 0 bridgehead atoms. The molecule has 0 aliphatic rings. The number of nitrogens with zero attached hydrogens (tertiary/aromatic N) is 1. The Morgan fingerprint density at radius 3 is 2.36 bits per heavy atom. The first-order valence-corrected chi connectivity index (χ1v) is 9.23. The summed E-state index contributed by atoms with van der Waals surface area (Å²) in [4.78, 5) is 16.7. The van der Waals surface area contributed by atoms with Gasteiger partial charge in [0.05, 0.1) is 5.52 Å². The highest BCUT2D eigenvalue weighted by molar-refractivity contribution is 5.97. The van der Waals surface area contributed by atoms with E-state index in [9.17, 15) is 4.79 Å². The lowest BCUT2D eigenvalue weighted by atomic mass is 10.1. The molecule has 0 atom stereocenters. The smallest absolute Gasteiger partial charge is 0.251 e. The van der Waals surface area contributed by atoms with Crippen molar-refractivity contribution in [1.29, 1.82) is 0 Å². The summed E-state index contributed by atoms with van der Waals surface area (Å²) in [5.41, 5.74) is 4.89. The molecule has 0 aliphatic carbocycles. The molecule has 0 saturated carbocycles. The van der Waals surface area contributed by atoms with Crippen LogP contribution in [0.2, 0.25) is 0 Å². The molecule has 28 heavy (non-hydrogen) atoms. The van der Waals surface area contributed by atoms with Crippen molar-refractivity contribution in [2.45, 2.75) is 6.54 Å². The van der Waals surface area contributed by atoms with Crippen LogP contribution in [-0.2, 0) is 6.54 Å². The minimum Gasteiger partial charge on any atom is -0.348 e. The number of rotatable bonds is 5. The summed E-state index contributed by atoms with van der Waals surface area (Å²) in [6.07, 6.45) is 5.92. The van der Waals surface area contributed by atoms with Gasteiger partial charge in [-0.1, -0.05) is 72.8 Å². The van der Waals surface area contributed by atoms with E-state index in [-0.39, 0.29) is 5.91 Å². The van der Waals surface area contributed by atoms with Gasteiger partial charge in [0.1, 0.15) is 0 Å². The van der Waals surface area contributed by atoms with Gasteiger partial charge in [-0.2, -0.15) is 0 Å². The van der Waals surface area contributed by atoms with Crippen molar-refractivity contribution in [3.63, 3.8) is 0 Å². The van der Waals surface area contributed by atoms with Crippen LogP contribution in [0, 0.1) is 0 Å². The molecule has 0 aliphatic heterocycles. The fourth-order valence-corrected chi connectivity index (χ4v) is 3.00. The third-order valence-corrected chi connectivity index (χ3v) is 4.57. The van der Waals surface area contributed by atoms with Gasteiger partial charge in [-0.15, -0.1) is 0 Å². The van der Waals surface area contributed by atoms with E-state index in [1.165, 1.54) is 5.56 Å². The monoisotopic (exact) mass is 364 g/mol. The number of benzene rings is 3. The summed E-state index contributed by atoms with van der Waals surface area (Å²) in [7, 11) is 0. The highest BCUT2D eigenvalue weighted by Gasteiger charge is 2.06. The molecule has 1 N–H and O–H groups in total. The van der Waals surface area contributed by atoms with Crippen molar-refractivity contribution >= 4 is 29.0 Å². The van der Waals surface area contributed by atoms with Gasteiger partial charge >= 0.3 is 0 Å². The summed E-state index contributed by atoms with van der Waals surface area (Å²) in [5, 5.41) is 3.94. The maximum Gasteiger partial charge on any atom is 0.251 e. The van der Waals surface area contributed by atoms with E-state index in [2.05, 4.69) is 46.7 Å². The number of hydrogen-bond acceptors (Lipinski definition) is 2. The lowest BCUT2D eigenvalue weighted by Crippen LogP contribution is -2.22. The molecule has 4 rings (SSSR count). The number of aromatic nitrogens is 1. The topological polar surface area (TPSA) is 42.0 Å². The van der Waals surface area contributed by atoms with Gasteiger partial charge in [0, 0.05) is 23.7 Å². The molecule has 0 saturated heterocycles. The van der Waals surface area contributed by atoms with Crippen LogP contribution in [0.25, 0.3) is 23.1 Å². The molecule has 0 spiro atoms. The largest absolute Gasteiger partial charge is 0.348 e. The molecule has 0 fully saturated rings. The molecule has 4 aromatic rings. The van der Waals surface area contributed by atoms with Crippen molar-refractivity contribution in [1.82, 2.24) is 10.3 Å². The first-order chi connectivity index (χ1) is 13.8. The Morgan fingerprint density at radius 1 is 0.821 bits per heavy atom. The molecule has 0 unspecified atom stereocenters. The van der Waals surface area contributed by atoms with E-state index in [0.717, 1.165) is 22.0 Å². The zero-order valence-electron chi connectivity index (χ0n) is 15.4. The Labute approximate surface area is 164 Å². The zero-order valence-corrected chi connectivity index (χ0v) is 15.4. The molecule has 136 valence electrons. The van der Waals surface area contributed by atoms with Crippen molar-refractivity contribution < 1.29 is 4.79 Å². The van der Waals surface area contributed by atoms with Crippen LogP contribution < -0.4 is 5.32 Å². The first-order valence-electron chi connectivity index (χ1n) is 9.23. The molecule has 0 radical (unpaired) electrons. The third-order valence-electron chi connectivity index (χ3n) is 4.57. The van der Waals surface area contributed by atoms with E-state index >= 15 is 0 Å². The van der Waals surface area contributed by atoms with E-state index < -0.39 is 0 Å². The number of carbonyl (C=O) groups is 1. The fourth-order valence-electron chi connectivity index (χ4n) is 3.00. The predicted molar refractivity (Wildman–Crippen MR) is 115 cm³/mol. The first kappa shape index (κ1) is 17.7. The van der Waals surface area contributed by atoms with E-state index in [0.29, 0.717) is 12.1 Å². The fraction of sp³-hybridized carbons (Fsp3) is 0.0400. The number of hydrogen-bond donors (Lipinski definition) is 1. The Morgan fingerprint density at radius 2 is 1.57 bits per heavy atom. The minimum absolute atomic E-state index is 0.0844. The Kier molecular flexibility index (Phi) is 5.25. The summed E-state index contributed by atoms with van der Waals surface area (Å²) in [5.74, 6) is -0.0844. The number of fused-ring (bicyclic) bond motifs is 1.